The van der Waals surface area contributed by atoms with Gasteiger partial charge < -0.3 is 5.73 Å². The Morgan fingerprint density at radius 3 is 2.52 bits per heavy atom. The molecule has 0 saturated carbocycles. The van der Waals surface area contributed by atoms with Crippen LogP contribution in [0, 0.1) is 0 Å². The number of aromatic nitrogens is 2. The highest BCUT2D eigenvalue weighted by Gasteiger charge is 2.19. The van der Waals surface area contributed by atoms with Crippen LogP contribution in [0.5, 0.6) is 0 Å². The molecule has 0 aliphatic carbocycles. The van der Waals surface area contributed by atoms with Crippen molar-refractivity contribution >= 4 is 33.0 Å². The first kappa shape index (κ1) is 15.5. The van der Waals surface area contributed by atoms with Crippen LogP contribution in [-0.4, -0.2) is 15.8 Å². The molecule has 0 amide bonds. The fraction of sp³-hybridized carbons (Fsp3) is 0.0500. The van der Waals surface area contributed by atoms with Gasteiger partial charge in [-0.3, -0.25) is 9.78 Å². The lowest BCUT2D eigenvalue weighted by Gasteiger charge is -2.08. The number of rotatable bonds is 3. The van der Waals surface area contributed by atoms with Crippen molar-refractivity contribution in [1.82, 2.24) is 9.97 Å². The van der Waals surface area contributed by atoms with E-state index in [4.69, 9.17) is 10.7 Å². The van der Waals surface area contributed by atoms with Crippen molar-refractivity contribution in [2.24, 2.45) is 0 Å². The van der Waals surface area contributed by atoms with E-state index in [-0.39, 0.29) is 5.78 Å². The van der Waals surface area contributed by atoms with Crippen LogP contribution >= 0.6 is 11.3 Å². The number of hydrogen-bond donors (Lipinski definition) is 1. The summed E-state index contributed by atoms with van der Waals surface area (Å²) in [6, 6.07) is 15.9. The first-order valence-corrected chi connectivity index (χ1v) is 8.66. The minimum atomic E-state index is -0.0394. The molecular formula is C20H15N3OS. The van der Waals surface area contributed by atoms with Gasteiger partial charge in [0.15, 0.2) is 5.78 Å². The Morgan fingerprint density at radius 2 is 1.84 bits per heavy atom. The number of nitrogen functional groups attached to an aromatic ring is 1. The molecule has 1 aromatic carbocycles. The van der Waals surface area contributed by atoms with Gasteiger partial charge >= 0.3 is 0 Å². The minimum absolute atomic E-state index is 0.0394. The number of nitrogens with zero attached hydrogens (tertiary/aromatic N) is 2. The van der Waals surface area contributed by atoms with Gasteiger partial charge in [0.1, 0.15) is 4.83 Å². The Bertz CT molecular complexity index is 1070. The molecule has 0 radical (unpaired) electrons. The number of hydrogen-bond acceptors (Lipinski definition) is 5. The third-order valence-electron chi connectivity index (χ3n) is 4.06. The van der Waals surface area contributed by atoms with Gasteiger partial charge in [0, 0.05) is 30.3 Å². The zero-order chi connectivity index (χ0) is 17.4. The van der Waals surface area contributed by atoms with E-state index in [1.165, 1.54) is 18.3 Å². The molecule has 5 heteroatoms. The topological polar surface area (TPSA) is 68.9 Å². The summed E-state index contributed by atoms with van der Waals surface area (Å²) in [4.78, 5) is 22.2. The highest BCUT2D eigenvalue weighted by molar-refractivity contribution is 7.21. The molecule has 3 heterocycles. The van der Waals surface area contributed by atoms with E-state index in [1.807, 2.05) is 48.5 Å². The Morgan fingerprint density at radius 1 is 1.08 bits per heavy atom. The molecule has 0 unspecified atom stereocenters. The van der Waals surface area contributed by atoms with Crippen LogP contribution in [0.15, 0.2) is 60.9 Å². The number of carbonyl (C=O) groups is 1. The summed E-state index contributed by atoms with van der Waals surface area (Å²) in [7, 11) is 0. The zero-order valence-corrected chi connectivity index (χ0v) is 14.4. The molecule has 2 N–H and O–H groups in total. The molecule has 4 aromatic rings. The van der Waals surface area contributed by atoms with E-state index in [2.05, 4.69) is 4.98 Å². The average Bonchev–Trinajstić information content (AvgIpc) is 2.99. The number of ketones is 1. The molecule has 25 heavy (non-hydrogen) atoms. The van der Waals surface area contributed by atoms with Crippen molar-refractivity contribution in [3.05, 3.63) is 65.8 Å². The molecule has 0 atom stereocenters. The van der Waals surface area contributed by atoms with Crippen molar-refractivity contribution in [3.8, 4) is 22.4 Å². The van der Waals surface area contributed by atoms with Gasteiger partial charge in [-0.15, -0.1) is 11.3 Å². The largest absolute Gasteiger partial charge is 0.397 e. The number of anilines is 1. The quantitative estimate of drug-likeness (QED) is 0.541. The Hall–Kier alpha value is -3.05. The summed E-state index contributed by atoms with van der Waals surface area (Å²) in [5, 5.41) is 0.842. The Kier molecular flexibility index (Phi) is 3.78. The van der Waals surface area contributed by atoms with Gasteiger partial charge in [0.05, 0.1) is 16.3 Å². The van der Waals surface area contributed by atoms with Crippen molar-refractivity contribution < 1.29 is 4.79 Å². The van der Waals surface area contributed by atoms with Crippen LogP contribution < -0.4 is 5.73 Å². The highest BCUT2D eigenvalue weighted by Crippen LogP contribution is 2.41. The summed E-state index contributed by atoms with van der Waals surface area (Å²) in [5.74, 6) is -0.0394. The maximum Gasteiger partial charge on any atom is 0.171 e. The van der Waals surface area contributed by atoms with Crippen molar-refractivity contribution in [2.75, 3.05) is 5.73 Å². The van der Waals surface area contributed by atoms with E-state index >= 15 is 0 Å². The lowest BCUT2D eigenvalue weighted by atomic mass is 10.00. The van der Waals surface area contributed by atoms with Crippen molar-refractivity contribution in [1.29, 1.82) is 0 Å². The average molecular weight is 345 g/mol. The number of fused-ring (bicyclic) bond motifs is 1. The smallest absolute Gasteiger partial charge is 0.171 e. The predicted molar refractivity (Wildman–Crippen MR) is 103 cm³/mol. The molecule has 0 bridgehead atoms. The summed E-state index contributed by atoms with van der Waals surface area (Å²) in [6.07, 6.45) is 3.52. The van der Waals surface area contributed by atoms with Crippen LogP contribution in [0.2, 0.25) is 0 Å². The second-order valence-electron chi connectivity index (χ2n) is 5.74. The van der Waals surface area contributed by atoms with Crippen LogP contribution in [0.25, 0.3) is 32.6 Å². The molecular weight excluding hydrogens is 330 g/mol. The predicted octanol–water partition coefficient (Wildman–Crippen LogP) is 4.81. The zero-order valence-electron chi connectivity index (χ0n) is 13.6. The maximum atomic E-state index is 11.9. The molecule has 3 aromatic heterocycles. The Labute approximate surface area is 149 Å². The first-order valence-electron chi connectivity index (χ1n) is 7.85. The number of benzene rings is 1. The summed E-state index contributed by atoms with van der Waals surface area (Å²) in [6.45, 7) is 1.53. The first-order chi connectivity index (χ1) is 12.1. The third-order valence-corrected chi connectivity index (χ3v) is 5.26. The van der Waals surface area contributed by atoms with E-state index in [0.29, 0.717) is 10.6 Å². The van der Waals surface area contributed by atoms with Gasteiger partial charge in [0.25, 0.3) is 0 Å². The van der Waals surface area contributed by atoms with Crippen LogP contribution in [0.1, 0.15) is 16.6 Å². The standard InChI is InChI=1S/C20H15N3OS/c1-12(24)19-18(21)17-15(13-6-3-2-4-7-13)10-16(23-20(17)25-19)14-8-5-9-22-11-14/h2-11H,21H2,1H3. The second kappa shape index (κ2) is 6.11. The molecule has 0 spiro atoms. The number of thiophene rings is 1. The Balaban J connectivity index is 2.07. The minimum Gasteiger partial charge on any atom is -0.397 e. The van der Waals surface area contributed by atoms with Gasteiger partial charge in [-0.1, -0.05) is 30.3 Å². The van der Waals surface area contributed by atoms with Gasteiger partial charge in [0.2, 0.25) is 0 Å². The van der Waals surface area contributed by atoms with Crippen LogP contribution in [0.4, 0.5) is 5.69 Å². The lowest BCUT2D eigenvalue weighted by Crippen LogP contribution is -1.95. The summed E-state index contributed by atoms with van der Waals surface area (Å²) >= 11 is 1.34. The van der Waals surface area contributed by atoms with E-state index in [1.54, 1.807) is 12.4 Å². The normalized spacial score (nSPS) is 10.9. The van der Waals surface area contributed by atoms with Gasteiger partial charge in [-0.2, -0.15) is 0 Å². The monoisotopic (exact) mass is 345 g/mol. The molecule has 4 nitrogen and oxygen atoms in total. The molecule has 0 aliphatic rings. The number of carbonyl (C=O) groups excluding carboxylic acids is 1. The van der Waals surface area contributed by atoms with Crippen LogP contribution in [-0.2, 0) is 0 Å². The molecule has 122 valence electrons. The second-order valence-corrected chi connectivity index (χ2v) is 6.74. The molecule has 0 fully saturated rings. The lowest BCUT2D eigenvalue weighted by molar-refractivity contribution is 0.102. The van der Waals surface area contributed by atoms with E-state index < -0.39 is 0 Å². The van der Waals surface area contributed by atoms with Gasteiger partial charge in [-0.25, -0.2) is 4.98 Å². The molecule has 4 rings (SSSR count). The fourth-order valence-corrected chi connectivity index (χ4v) is 3.91. The summed E-state index contributed by atoms with van der Waals surface area (Å²) in [5.41, 5.74) is 10.6. The molecule has 0 saturated heterocycles. The van der Waals surface area contributed by atoms with Crippen molar-refractivity contribution in [3.63, 3.8) is 0 Å². The number of Topliss-reactive ketones (excluding diaryl/α,β-unsaturated/α-hetero) is 1. The maximum absolute atomic E-state index is 11.9. The SMILES string of the molecule is CC(=O)c1sc2nc(-c3cccnc3)cc(-c3ccccc3)c2c1N. The fourth-order valence-electron chi connectivity index (χ4n) is 2.89. The number of pyridine rings is 2. The molecule has 0 aliphatic heterocycles. The third kappa shape index (κ3) is 2.68. The van der Waals surface area contributed by atoms with Gasteiger partial charge in [-0.05, 0) is 29.3 Å². The van der Waals surface area contributed by atoms with Crippen molar-refractivity contribution in [2.45, 2.75) is 6.92 Å². The van der Waals surface area contributed by atoms with E-state index in [0.717, 1.165) is 32.6 Å². The van der Waals surface area contributed by atoms with E-state index in [9.17, 15) is 4.79 Å². The highest BCUT2D eigenvalue weighted by atomic mass is 32.1. The number of nitrogens with two attached hydrogens (primary N) is 1. The summed E-state index contributed by atoms with van der Waals surface area (Å²) < 4.78 is 0. The van der Waals surface area contributed by atoms with Crippen LogP contribution in [0.3, 0.4) is 0 Å².